The highest BCUT2D eigenvalue weighted by atomic mass is 35.5. The lowest BCUT2D eigenvalue weighted by Gasteiger charge is -2.07. The number of nitrogens with one attached hydrogen (secondary N) is 1. The Labute approximate surface area is 99.2 Å². The molecule has 0 atom stereocenters. The van der Waals surface area contributed by atoms with Crippen molar-refractivity contribution in [3.8, 4) is 5.75 Å². The van der Waals surface area contributed by atoms with Crippen molar-refractivity contribution < 1.29 is 14.6 Å². The first-order chi connectivity index (χ1) is 7.67. The molecule has 0 bridgehead atoms. The van der Waals surface area contributed by atoms with E-state index in [2.05, 4.69) is 5.32 Å². The van der Waals surface area contributed by atoms with Gasteiger partial charge in [-0.05, 0) is 18.6 Å². The molecule has 1 aromatic carbocycles. The molecule has 0 spiro atoms. The van der Waals surface area contributed by atoms with Crippen molar-refractivity contribution in [1.29, 1.82) is 0 Å². The van der Waals surface area contributed by atoms with Crippen LogP contribution in [0.4, 0.5) is 5.69 Å². The van der Waals surface area contributed by atoms with Crippen LogP contribution in [-0.2, 0) is 4.79 Å². The van der Waals surface area contributed by atoms with Gasteiger partial charge >= 0.3 is 0 Å². The molecule has 0 fully saturated rings. The van der Waals surface area contributed by atoms with Crippen LogP contribution in [0.1, 0.15) is 12.8 Å². The summed E-state index contributed by atoms with van der Waals surface area (Å²) >= 11 is 5.85. The molecule has 0 radical (unpaired) electrons. The molecule has 0 unspecified atom stereocenters. The number of carbonyl (C=O) groups is 1. The smallest absolute Gasteiger partial charge is 0.224 e. The maximum Gasteiger partial charge on any atom is 0.224 e. The van der Waals surface area contributed by atoms with E-state index >= 15 is 0 Å². The van der Waals surface area contributed by atoms with Gasteiger partial charge in [-0.1, -0.05) is 11.6 Å². The van der Waals surface area contributed by atoms with E-state index in [1.54, 1.807) is 18.2 Å². The third kappa shape index (κ3) is 3.72. The number of hydrogen-bond donors (Lipinski definition) is 2. The van der Waals surface area contributed by atoms with Crippen LogP contribution in [0.15, 0.2) is 18.2 Å². The molecule has 0 saturated heterocycles. The van der Waals surface area contributed by atoms with Crippen LogP contribution in [0.5, 0.6) is 5.75 Å². The number of amides is 1. The van der Waals surface area contributed by atoms with E-state index in [0.717, 1.165) is 0 Å². The van der Waals surface area contributed by atoms with E-state index in [4.69, 9.17) is 21.4 Å². The minimum atomic E-state index is -0.140. The molecule has 2 N–H and O–H groups in total. The second-order valence-corrected chi connectivity index (χ2v) is 3.63. The fraction of sp³-hybridized carbons (Fsp3) is 0.364. The van der Waals surface area contributed by atoms with Crippen molar-refractivity contribution >= 4 is 23.2 Å². The molecular formula is C11H14ClNO3. The standard InChI is InChI=1S/C11H14ClNO3/c1-16-10-7-8(4-5-9(10)12)13-11(15)3-2-6-14/h4-5,7,14H,2-3,6H2,1H3,(H,13,15). The van der Waals surface area contributed by atoms with E-state index < -0.39 is 0 Å². The maximum absolute atomic E-state index is 11.4. The second kappa shape index (κ2) is 6.35. The fourth-order valence-corrected chi connectivity index (χ4v) is 1.40. The van der Waals surface area contributed by atoms with Crippen molar-refractivity contribution in [3.63, 3.8) is 0 Å². The Morgan fingerprint density at radius 1 is 1.56 bits per heavy atom. The number of anilines is 1. The molecule has 88 valence electrons. The number of benzene rings is 1. The number of hydrogen-bond acceptors (Lipinski definition) is 3. The minimum Gasteiger partial charge on any atom is -0.495 e. The van der Waals surface area contributed by atoms with Crippen molar-refractivity contribution in [2.75, 3.05) is 19.0 Å². The zero-order valence-electron chi connectivity index (χ0n) is 9.00. The van der Waals surface area contributed by atoms with Crippen LogP contribution < -0.4 is 10.1 Å². The molecule has 1 rings (SSSR count). The first kappa shape index (κ1) is 12.8. The number of methoxy groups -OCH3 is 1. The Hall–Kier alpha value is -1.26. The molecule has 0 saturated carbocycles. The molecule has 0 aromatic heterocycles. The van der Waals surface area contributed by atoms with Gasteiger partial charge in [-0.25, -0.2) is 0 Å². The summed E-state index contributed by atoms with van der Waals surface area (Å²) in [5.74, 6) is 0.375. The van der Waals surface area contributed by atoms with Crippen molar-refractivity contribution in [2.24, 2.45) is 0 Å². The summed E-state index contributed by atoms with van der Waals surface area (Å²) in [4.78, 5) is 11.4. The molecule has 0 heterocycles. The van der Waals surface area contributed by atoms with Gasteiger partial charge in [-0.15, -0.1) is 0 Å². The number of aliphatic hydroxyl groups is 1. The number of halogens is 1. The highest BCUT2D eigenvalue weighted by Crippen LogP contribution is 2.27. The Kier molecular flexibility index (Phi) is 5.08. The van der Waals surface area contributed by atoms with Gasteiger partial charge < -0.3 is 15.2 Å². The van der Waals surface area contributed by atoms with Gasteiger partial charge in [0.25, 0.3) is 0 Å². The SMILES string of the molecule is COc1cc(NC(=O)CCCO)ccc1Cl. The van der Waals surface area contributed by atoms with Crippen molar-refractivity contribution in [2.45, 2.75) is 12.8 Å². The van der Waals surface area contributed by atoms with Crippen LogP contribution >= 0.6 is 11.6 Å². The predicted octanol–water partition coefficient (Wildman–Crippen LogP) is 2.06. The van der Waals surface area contributed by atoms with Crippen LogP contribution in [0.2, 0.25) is 5.02 Å². The Morgan fingerprint density at radius 3 is 2.94 bits per heavy atom. The summed E-state index contributed by atoms with van der Waals surface area (Å²) in [6.07, 6.45) is 0.748. The average Bonchev–Trinajstić information content (AvgIpc) is 2.29. The van der Waals surface area contributed by atoms with E-state index in [0.29, 0.717) is 29.3 Å². The minimum absolute atomic E-state index is 0.0113. The Morgan fingerprint density at radius 2 is 2.31 bits per heavy atom. The average molecular weight is 244 g/mol. The van der Waals surface area contributed by atoms with Gasteiger partial charge in [0.1, 0.15) is 5.75 Å². The summed E-state index contributed by atoms with van der Waals surface area (Å²) < 4.78 is 5.03. The van der Waals surface area contributed by atoms with Crippen molar-refractivity contribution in [1.82, 2.24) is 0 Å². The second-order valence-electron chi connectivity index (χ2n) is 3.22. The van der Waals surface area contributed by atoms with Gasteiger partial charge in [-0.3, -0.25) is 4.79 Å². The summed E-state index contributed by atoms with van der Waals surface area (Å²) in [5.41, 5.74) is 0.629. The molecule has 0 aliphatic heterocycles. The molecule has 16 heavy (non-hydrogen) atoms. The van der Waals surface area contributed by atoms with E-state index in [1.165, 1.54) is 7.11 Å². The summed E-state index contributed by atoms with van der Waals surface area (Å²) in [6, 6.07) is 5.00. The Bertz CT molecular complexity index is 368. The largest absolute Gasteiger partial charge is 0.495 e. The lowest BCUT2D eigenvalue weighted by atomic mass is 10.2. The van der Waals surface area contributed by atoms with E-state index in [9.17, 15) is 4.79 Å². The van der Waals surface area contributed by atoms with Gasteiger partial charge in [-0.2, -0.15) is 0 Å². The van der Waals surface area contributed by atoms with E-state index in [1.807, 2.05) is 0 Å². The quantitative estimate of drug-likeness (QED) is 0.832. The van der Waals surface area contributed by atoms with Gasteiger partial charge in [0.2, 0.25) is 5.91 Å². The summed E-state index contributed by atoms with van der Waals surface area (Å²) in [7, 11) is 1.51. The third-order valence-electron chi connectivity index (χ3n) is 2.00. The molecule has 5 heteroatoms. The molecule has 1 amide bonds. The summed E-state index contributed by atoms with van der Waals surface area (Å²) in [6.45, 7) is 0.0113. The lowest BCUT2D eigenvalue weighted by Crippen LogP contribution is -2.11. The number of aliphatic hydroxyl groups excluding tert-OH is 1. The zero-order chi connectivity index (χ0) is 12.0. The third-order valence-corrected chi connectivity index (χ3v) is 2.31. The monoisotopic (exact) mass is 243 g/mol. The normalized spacial score (nSPS) is 9.94. The van der Waals surface area contributed by atoms with Crippen LogP contribution in [0, 0.1) is 0 Å². The van der Waals surface area contributed by atoms with Crippen LogP contribution in [0.3, 0.4) is 0 Å². The van der Waals surface area contributed by atoms with Gasteiger partial charge in [0, 0.05) is 24.8 Å². The molecular weight excluding hydrogens is 230 g/mol. The predicted molar refractivity (Wildman–Crippen MR) is 63.0 cm³/mol. The van der Waals surface area contributed by atoms with E-state index in [-0.39, 0.29) is 12.5 Å². The first-order valence-electron chi connectivity index (χ1n) is 4.91. The first-order valence-corrected chi connectivity index (χ1v) is 5.29. The number of ether oxygens (including phenoxy) is 1. The topological polar surface area (TPSA) is 58.6 Å². The van der Waals surface area contributed by atoms with Gasteiger partial charge in [0.15, 0.2) is 0 Å². The fourth-order valence-electron chi connectivity index (χ4n) is 1.20. The van der Waals surface area contributed by atoms with Crippen molar-refractivity contribution in [3.05, 3.63) is 23.2 Å². The molecule has 1 aromatic rings. The lowest BCUT2D eigenvalue weighted by molar-refractivity contribution is -0.116. The molecule has 4 nitrogen and oxygen atoms in total. The van der Waals surface area contributed by atoms with Crippen LogP contribution in [-0.4, -0.2) is 24.7 Å². The molecule has 0 aliphatic carbocycles. The zero-order valence-corrected chi connectivity index (χ0v) is 9.75. The number of rotatable bonds is 5. The highest BCUT2D eigenvalue weighted by molar-refractivity contribution is 6.32. The van der Waals surface area contributed by atoms with Crippen LogP contribution in [0.25, 0.3) is 0 Å². The maximum atomic E-state index is 11.4. The highest BCUT2D eigenvalue weighted by Gasteiger charge is 2.05. The van der Waals surface area contributed by atoms with Gasteiger partial charge in [0.05, 0.1) is 12.1 Å². The Balaban J connectivity index is 2.63. The molecule has 0 aliphatic rings. The number of carbonyl (C=O) groups excluding carboxylic acids is 1. The summed E-state index contributed by atoms with van der Waals surface area (Å²) in [5, 5.41) is 11.8.